The standard InChI is InChI=1S/C16H12N2O3S/c19-16-15(18(20)21)14(12-8-4-5-9-13(12)22-16)17-10-11-6-2-1-3-7-11/h1-9,17H,10H2. The molecule has 0 bridgehead atoms. The molecule has 0 aliphatic heterocycles. The van der Waals surface area contributed by atoms with Crippen LogP contribution in [0.25, 0.3) is 10.1 Å². The Kier molecular flexibility index (Phi) is 3.84. The fraction of sp³-hybridized carbons (Fsp3) is 0.0625. The van der Waals surface area contributed by atoms with Gasteiger partial charge >= 0.3 is 10.4 Å². The lowest BCUT2D eigenvalue weighted by Gasteiger charge is -2.09. The minimum atomic E-state index is -0.612. The fourth-order valence-corrected chi connectivity index (χ4v) is 3.17. The Hall–Kier alpha value is -2.73. The van der Waals surface area contributed by atoms with Gasteiger partial charge in [0.05, 0.1) is 4.92 Å². The molecule has 0 radical (unpaired) electrons. The van der Waals surface area contributed by atoms with Gasteiger partial charge < -0.3 is 5.32 Å². The maximum Gasteiger partial charge on any atom is 0.350 e. The third-order valence-electron chi connectivity index (χ3n) is 3.28. The maximum atomic E-state index is 12.0. The van der Waals surface area contributed by atoms with E-state index in [2.05, 4.69) is 5.32 Å². The van der Waals surface area contributed by atoms with Crippen LogP contribution < -0.4 is 10.1 Å². The molecule has 0 aliphatic rings. The highest BCUT2D eigenvalue weighted by molar-refractivity contribution is 7.16. The largest absolute Gasteiger partial charge is 0.375 e. The van der Waals surface area contributed by atoms with Crippen LogP contribution in [0.15, 0.2) is 59.4 Å². The van der Waals surface area contributed by atoms with Gasteiger partial charge in [-0.05, 0) is 11.6 Å². The number of benzene rings is 2. The molecule has 0 amide bonds. The van der Waals surface area contributed by atoms with Crippen LogP contribution in [0.5, 0.6) is 0 Å². The summed E-state index contributed by atoms with van der Waals surface area (Å²) in [4.78, 5) is 22.7. The average molecular weight is 312 g/mol. The van der Waals surface area contributed by atoms with Crippen LogP contribution in [-0.2, 0) is 6.54 Å². The number of hydrogen-bond acceptors (Lipinski definition) is 5. The smallest absolute Gasteiger partial charge is 0.350 e. The van der Waals surface area contributed by atoms with E-state index >= 15 is 0 Å². The summed E-state index contributed by atoms with van der Waals surface area (Å²) in [6.45, 7) is 0.416. The van der Waals surface area contributed by atoms with E-state index in [1.54, 1.807) is 18.2 Å². The van der Waals surface area contributed by atoms with Crippen LogP contribution in [-0.4, -0.2) is 4.92 Å². The molecule has 1 aromatic heterocycles. The Morgan fingerprint density at radius 3 is 2.45 bits per heavy atom. The maximum absolute atomic E-state index is 12.0. The molecule has 0 unspecified atom stereocenters. The lowest BCUT2D eigenvalue weighted by atomic mass is 10.2. The normalized spacial score (nSPS) is 10.5. The van der Waals surface area contributed by atoms with Crippen molar-refractivity contribution in [3.8, 4) is 0 Å². The van der Waals surface area contributed by atoms with Crippen molar-refractivity contribution < 1.29 is 4.92 Å². The second-order valence-corrected chi connectivity index (χ2v) is 5.72. The Balaban J connectivity index is 2.11. The Labute approximate surface area is 130 Å². The highest BCUT2D eigenvalue weighted by Gasteiger charge is 2.22. The van der Waals surface area contributed by atoms with Gasteiger partial charge in [-0.3, -0.25) is 14.9 Å². The molecule has 0 saturated carbocycles. The Morgan fingerprint density at radius 1 is 1.05 bits per heavy atom. The van der Waals surface area contributed by atoms with Crippen LogP contribution in [0.3, 0.4) is 0 Å². The predicted molar refractivity (Wildman–Crippen MR) is 88.5 cm³/mol. The predicted octanol–water partition coefficient (Wildman–Crippen LogP) is 3.78. The summed E-state index contributed by atoms with van der Waals surface area (Å²) in [5.41, 5.74) is 0.883. The molecule has 5 nitrogen and oxygen atoms in total. The highest BCUT2D eigenvalue weighted by atomic mass is 32.1. The summed E-state index contributed by atoms with van der Waals surface area (Å²) in [5.74, 6) is 0. The second kappa shape index (κ2) is 5.95. The molecule has 0 spiro atoms. The first-order valence-electron chi connectivity index (χ1n) is 6.65. The molecule has 0 fully saturated rings. The van der Waals surface area contributed by atoms with Gasteiger partial charge in [-0.15, -0.1) is 0 Å². The molecule has 3 rings (SSSR count). The van der Waals surface area contributed by atoms with Crippen LogP contribution in [0.4, 0.5) is 11.4 Å². The molecule has 6 heteroatoms. The van der Waals surface area contributed by atoms with E-state index in [0.717, 1.165) is 21.6 Å². The average Bonchev–Trinajstić information content (AvgIpc) is 2.52. The monoisotopic (exact) mass is 312 g/mol. The van der Waals surface area contributed by atoms with Crippen LogP contribution >= 0.6 is 11.3 Å². The van der Waals surface area contributed by atoms with Gasteiger partial charge in [0.1, 0.15) is 5.69 Å². The van der Waals surface area contributed by atoms with Gasteiger partial charge in [-0.25, -0.2) is 0 Å². The quantitative estimate of drug-likeness (QED) is 0.588. The number of rotatable bonds is 4. The third kappa shape index (κ3) is 2.68. The van der Waals surface area contributed by atoms with Gasteiger partial charge in [0.25, 0.3) is 0 Å². The summed E-state index contributed by atoms with van der Waals surface area (Å²) in [6.07, 6.45) is 0. The van der Waals surface area contributed by atoms with Gasteiger partial charge in [0.2, 0.25) is 0 Å². The third-order valence-corrected chi connectivity index (χ3v) is 4.24. The van der Waals surface area contributed by atoms with E-state index in [-0.39, 0.29) is 11.4 Å². The summed E-state index contributed by atoms with van der Waals surface area (Å²) in [6, 6.07) is 16.7. The van der Waals surface area contributed by atoms with Crippen LogP contribution in [0.2, 0.25) is 0 Å². The summed E-state index contributed by atoms with van der Waals surface area (Å²) < 4.78 is 0.188. The molecule has 3 aromatic rings. The van der Waals surface area contributed by atoms with Crippen molar-refractivity contribution in [2.75, 3.05) is 5.32 Å². The van der Waals surface area contributed by atoms with E-state index in [0.29, 0.717) is 11.9 Å². The van der Waals surface area contributed by atoms with E-state index in [1.807, 2.05) is 36.4 Å². The number of fused-ring (bicyclic) bond motifs is 1. The van der Waals surface area contributed by atoms with E-state index < -0.39 is 9.67 Å². The van der Waals surface area contributed by atoms with Gasteiger partial charge in [-0.2, -0.15) is 0 Å². The number of nitrogens with zero attached hydrogens (tertiary/aromatic N) is 1. The summed E-state index contributed by atoms with van der Waals surface area (Å²) >= 11 is 0.895. The van der Waals surface area contributed by atoms with Crippen molar-refractivity contribution in [1.82, 2.24) is 0 Å². The SMILES string of the molecule is O=c1sc2ccccc2c(NCc2ccccc2)c1[N+](=O)[O-]. The molecule has 0 saturated heterocycles. The van der Waals surface area contributed by atoms with Crippen molar-refractivity contribution in [3.63, 3.8) is 0 Å². The number of nitro groups is 1. The molecule has 0 atom stereocenters. The fourth-order valence-electron chi connectivity index (χ4n) is 2.27. The highest BCUT2D eigenvalue weighted by Crippen LogP contribution is 2.32. The zero-order valence-electron chi connectivity index (χ0n) is 11.5. The van der Waals surface area contributed by atoms with E-state index in [9.17, 15) is 14.9 Å². The molecule has 1 N–H and O–H groups in total. The van der Waals surface area contributed by atoms with Gasteiger partial charge in [0.15, 0.2) is 0 Å². The lowest BCUT2D eigenvalue weighted by Crippen LogP contribution is -2.10. The minimum Gasteiger partial charge on any atom is -0.375 e. The van der Waals surface area contributed by atoms with Crippen molar-refractivity contribution >= 4 is 32.8 Å². The lowest BCUT2D eigenvalue weighted by molar-refractivity contribution is -0.384. The van der Waals surface area contributed by atoms with Crippen molar-refractivity contribution in [2.24, 2.45) is 0 Å². The Bertz CT molecular complexity index is 891. The number of nitrogens with one attached hydrogen (secondary N) is 1. The summed E-state index contributed by atoms with van der Waals surface area (Å²) in [7, 11) is 0. The second-order valence-electron chi connectivity index (χ2n) is 4.71. The molecule has 2 aromatic carbocycles. The number of anilines is 1. The first kappa shape index (κ1) is 14.2. The van der Waals surface area contributed by atoms with Gasteiger partial charge in [0, 0.05) is 16.6 Å². The minimum absolute atomic E-state index is 0.285. The summed E-state index contributed by atoms with van der Waals surface area (Å²) in [5, 5.41) is 15.0. The van der Waals surface area contributed by atoms with E-state index in [1.165, 1.54) is 0 Å². The zero-order chi connectivity index (χ0) is 15.5. The first-order chi connectivity index (χ1) is 10.7. The van der Waals surface area contributed by atoms with Crippen LogP contribution in [0.1, 0.15) is 5.56 Å². The van der Waals surface area contributed by atoms with Crippen LogP contribution in [0, 0.1) is 10.1 Å². The van der Waals surface area contributed by atoms with E-state index in [4.69, 9.17) is 0 Å². The molecule has 0 aliphatic carbocycles. The zero-order valence-corrected chi connectivity index (χ0v) is 12.3. The molecular weight excluding hydrogens is 300 g/mol. The molecule has 1 heterocycles. The molecular formula is C16H12N2O3S. The van der Waals surface area contributed by atoms with Crippen molar-refractivity contribution in [2.45, 2.75) is 6.54 Å². The van der Waals surface area contributed by atoms with Crippen molar-refractivity contribution in [3.05, 3.63) is 79.8 Å². The Morgan fingerprint density at radius 2 is 1.73 bits per heavy atom. The van der Waals surface area contributed by atoms with Crippen molar-refractivity contribution in [1.29, 1.82) is 0 Å². The number of hydrogen-bond donors (Lipinski definition) is 1. The molecule has 22 heavy (non-hydrogen) atoms. The topological polar surface area (TPSA) is 72.2 Å². The molecule has 110 valence electrons. The first-order valence-corrected chi connectivity index (χ1v) is 7.46. The van der Waals surface area contributed by atoms with Gasteiger partial charge in [-0.1, -0.05) is 59.9 Å².